The third kappa shape index (κ3) is 6.28. The first-order valence-corrected chi connectivity index (χ1v) is 11.6. The highest BCUT2D eigenvalue weighted by Gasteiger charge is 2.25. The number of anilines is 1. The first-order chi connectivity index (χ1) is 14.9. The Hall–Kier alpha value is -2.93. The van der Waals surface area contributed by atoms with Crippen molar-refractivity contribution in [3.8, 4) is 6.07 Å². The molecule has 8 nitrogen and oxygen atoms in total. The number of carbonyl (C=O) groups is 1. The van der Waals surface area contributed by atoms with Crippen LogP contribution in [0.15, 0.2) is 53.4 Å². The largest absolute Gasteiger partial charge is 0.398 e. The molecule has 0 spiro atoms. The summed E-state index contributed by atoms with van der Waals surface area (Å²) >= 11 is 0. The number of nitrogens with zero attached hydrogens (tertiary/aromatic N) is 2. The predicted octanol–water partition coefficient (Wildman–Crippen LogP) is 1.87. The molecule has 9 heteroatoms. The number of sulfonamides is 1. The quantitative estimate of drug-likeness (QED) is 0.601. The molecule has 1 heterocycles. The van der Waals surface area contributed by atoms with Gasteiger partial charge >= 0.3 is 0 Å². The highest BCUT2D eigenvalue weighted by atomic mass is 32.2. The van der Waals surface area contributed by atoms with Crippen LogP contribution in [-0.4, -0.2) is 45.5 Å². The maximum Gasteiger partial charge on any atom is 0.243 e. The Bertz CT molecular complexity index is 1070. The molecule has 2 aromatic carbocycles. The summed E-state index contributed by atoms with van der Waals surface area (Å²) in [5.74, 6) is -0.0947. The van der Waals surface area contributed by atoms with Crippen LogP contribution >= 0.6 is 0 Å². The van der Waals surface area contributed by atoms with Crippen molar-refractivity contribution in [2.24, 2.45) is 5.92 Å². The fourth-order valence-electron chi connectivity index (χ4n) is 3.57. The van der Waals surface area contributed by atoms with Crippen molar-refractivity contribution >= 4 is 21.6 Å². The van der Waals surface area contributed by atoms with Crippen LogP contribution in [0.2, 0.25) is 0 Å². The lowest BCUT2D eigenvalue weighted by molar-refractivity contribution is -0.132. The number of ether oxygens (including phenoxy) is 1. The van der Waals surface area contributed by atoms with E-state index in [-0.39, 0.29) is 29.0 Å². The molecule has 0 radical (unpaired) electrons. The number of nitriles is 1. The molecule has 1 unspecified atom stereocenters. The Morgan fingerprint density at radius 1 is 1.26 bits per heavy atom. The van der Waals surface area contributed by atoms with Gasteiger partial charge in [0.05, 0.1) is 37.1 Å². The number of carbonyl (C=O) groups excluding carboxylic acids is 1. The summed E-state index contributed by atoms with van der Waals surface area (Å²) < 4.78 is 33.0. The number of nitrogens with one attached hydrogen (secondary N) is 1. The molecule has 31 heavy (non-hydrogen) atoms. The molecule has 0 bridgehead atoms. The number of hydrogen-bond donors (Lipinski definition) is 2. The molecular weight excluding hydrogens is 416 g/mol. The number of nitrogens with two attached hydrogens (primary N) is 1. The molecular formula is C22H26N4O4S. The van der Waals surface area contributed by atoms with Gasteiger partial charge in [0.2, 0.25) is 15.9 Å². The Labute approximate surface area is 182 Å². The zero-order chi connectivity index (χ0) is 22.3. The van der Waals surface area contributed by atoms with Gasteiger partial charge in [0.25, 0.3) is 0 Å². The lowest BCUT2D eigenvalue weighted by Gasteiger charge is -2.32. The molecule has 3 rings (SSSR count). The van der Waals surface area contributed by atoms with Gasteiger partial charge in [-0.05, 0) is 48.6 Å². The van der Waals surface area contributed by atoms with Crippen LogP contribution in [0.4, 0.5) is 5.69 Å². The van der Waals surface area contributed by atoms with Crippen molar-refractivity contribution in [3.05, 3.63) is 59.7 Å². The van der Waals surface area contributed by atoms with Gasteiger partial charge in [0, 0.05) is 13.1 Å². The maximum absolute atomic E-state index is 12.6. The monoisotopic (exact) mass is 442 g/mol. The van der Waals surface area contributed by atoms with E-state index in [4.69, 9.17) is 15.7 Å². The van der Waals surface area contributed by atoms with Gasteiger partial charge in [-0.3, -0.25) is 4.79 Å². The van der Waals surface area contributed by atoms with Crippen LogP contribution in [-0.2, 0) is 26.2 Å². The van der Waals surface area contributed by atoms with Crippen LogP contribution in [0, 0.1) is 17.2 Å². The second-order valence-electron chi connectivity index (χ2n) is 7.54. The van der Waals surface area contributed by atoms with Crippen molar-refractivity contribution in [2.75, 3.05) is 32.0 Å². The fourth-order valence-corrected chi connectivity index (χ4v) is 4.68. The Kier molecular flexibility index (Phi) is 7.63. The number of amides is 1. The van der Waals surface area contributed by atoms with E-state index in [9.17, 15) is 13.2 Å². The summed E-state index contributed by atoms with van der Waals surface area (Å²) in [6.07, 6.45) is 1.77. The molecule has 1 atom stereocenters. The zero-order valence-corrected chi connectivity index (χ0v) is 18.0. The number of benzene rings is 2. The van der Waals surface area contributed by atoms with Crippen molar-refractivity contribution in [3.63, 3.8) is 0 Å². The van der Waals surface area contributed by atoms with E-state index in [2.05, 4.69) is 10.8 Å². The number of para-hydroxylation sites is 1. The molecule has 0 aromatic heterocycles. The van der Waals surface area contributed by atoms with Crippen LogP contribution in [0.3, 0.4) is 0 Å². The van der Waals surface area contributed by atoms with E-state index in [1.165, 1.54) is 12.1 Å². The number of rotatable bonds is 8. The van der Waals surface area contributed by atoms with E-state index >= 15 is 0 Å². The molecule has 1 amide bonds. The minimum atomic E-state index is -3.86. The summed E-state index contributed by atoms with van der Waals surface area (Å²) in [6, 6.07) is 15.5. The van der Waals surface area contributed by atoms with Gasteiger partial charge in [0.15, 0.2) is 0 Å². The van der Waals surface area contributed by atoms with Gasteiger partial charge in [-0.2, -0.15) is 5.26 Å². The zero-order valence-electron chi connectivity index (χ0n) is 17.2. The number of likely N-dealkylation sites (tertiary alicyclic amines) is 1. The SMILES string of the molecule is N#Cc1cccc(COCC2CCCN(C(=O)CNS(=O)(=O)c3ccccc3N)C2)c1. The van der Waals surface area contributed by atoms with Gasteiger partial charge in [-0.1, -0.05) is 24.3 Å². The summed E-state index contributed by atoms with van der Waals surface area (Å²) in [6.45, 7) is 1.69. The molecule has 1 aliphatic rings. The summed E-state index contributed by atoms with van der Waals surface area (Å²) in [7, 11) is -3.86. The lowest BCUT2D eigenvalue weighted by atomic mass is 9.99. The first kappa shape index (κ1) is 22.7. The lowest BCUT2D eigenvalue weighted by Crippen LogP contribution is -2.45. The van der Waals surface area contributed by atoms with E-state index in [0.29, 0.717) is 31.9 Å². The van der Waals surface area contributed by atoms with Crippen molar-refractivity contribution in [1.82, 2.24) is 9.62 Å². The van der Waals surface area contributed by atoms with Gasteiger partial charge < -0.3 is 15.4 Å². The van der Waals surface area contributed by atoms with Gasteiger partial charge in [-0.25, -0.2) is 13.1 Å². The average molecular weight is 443 g/mol. The standard InChI is InChI=1S/C22H26N4O4S/c23-12-17-5-3-6-18(11-17)15-30-16-19-7-4-10-26(14-19)22(27)13-25-31(28,29)21-9-2-1-8-20(21)24/h1-3,5-6,8-9,11,19,25H,4,7,10,13-16,24H2. The molecule has 0 aliphatic carbocycles. The molecule has 0 saturated carbocycles. The van der Waals surface area contributed by atoms with Crippen molar-refractivity contribution in [2.45, 2.75) is 24.3 Å². The summed E-state index contributed by atoms with van der Waals surface area (Å²) in [5, 5.41) is 8.97. The maximum atomic E-state index is 12.6. The average Bonchev–Trinajstić information content (AvgIpc) is 2.78. The highest BCUT2D eigenvalue weighted by Crippen LogP contribution is 2.19. The highest BCUT2D eigenvalue weighted by molar-refractivity contribution is 7.89. The van der Waals surface area contributed by atoms with Crippen LogP contribution in [0.5, 0.6) is 0 Å². The number of piperidine rings is 1. The van der Waals surface area contributed by atoms with E-state index in [1.807, 2.05) is 12.1 Å². The molecule has 3 N–H and O–H groups in total. The normalized spacial score (nSPS) is 16.6. The minimum Gasteiger partial charge on any atom is -0.398 e. The topological polar surface area (TPSA) is 126 Å². The smallest absolute Gasteiger partial charge is 0.243 e. The van der Waals surface area contributed by atoms with Crippen LogP contribution in [0.25, 0.3) is 0 Å². The first-order valence-electron chi connectivity index (χ1n) is 10.1. The Balaban J connectivity index is 1.48. The second kappa shape index (κ2) is 10.4. The van der Waals surface area contributed by atoms with Crippen molar-refractivity contribution < 1.29 is 17.9 Å². The Morgan fingerprint density at radius 2 is 2.06 bits per heavy atom. The Morgan fingerprint density at radius 3 is 2.84 bits per heavy atom. The molecule has 1 aliphatic heterocycles. The summed E-state index contributed by atoms with van der Waals surface area (Å²) in [5.41, 5.74) is 7.39. The third-order valence-corrected chi connectivity index (χ3v) is 6.65. The second-order valence-corrected chi connectivity index (χ2v) is 9.27. The predicted molar refractivity (Wildman–Crippen MR) is 116 cm³/mol. The van der Waals surface area contributed by atoms with E-state index in [0.717, 1.165) is 18.4 Å². The van der Waals surface area contributed by atoms with Gasteiger partial charge in [0.1, 0.15) is 4.90 Å². The molecule has 1 fully saturated rings. The van der Waals surface area contributed by atoms with Gasteiger partial charge in [-0.15, -0.1) is 0 Å². The van der Waals surface area contributed by atoms with E-state index in [1.54, 1.807) is 29.2 Å². The summed E-state index contributed by atoms with van der Waals surface area (Å²) in [4.78, 5) is 14.2. The van der Waals surface area contributed by atoms with Crippen molar-refractivity contribution in [1.29, 1.82) is 5.26 Å². The fraction of sp³-hybridized carbons (Fsp3) is 0.364. The molecule has 1 saturated heterocycles. The van der Waals surface area contributed by atoms with E-state index < -0.39 is 10.0 Å². The third-order valence-electron chi connectivity index (χ3n) is 5.17. The number of hydrogen-bond acceptors (Lipinski definition) is 6. The molecule has 2 aromatic rings. The van der Waals surface area contributed by atoms with Crippen LogP contribution in [0.1, 0.15) is 24.0 Å². The van der Waals surface area contributed by atoms with Crippen LogP contribution < -0.4 is 10.5 Å². The number of nitrogen functional groups attached to an aromatic ring is 1. The minimum absolute atomic E-state index is 0.0341. The molecule has 164 valence electrons.